The molecule has 1 aromatic rings. The molecule has 76 valence electrons. The van der Waals surface area contributed by atoms with Crippen molar-refractivity contribution in [1.82, 2.24) is 9.97 Å². The first kappa shape index (κ1) is 9.21. The lowest BCUT2D eigenvalue weighted by Crippen LogP contribution is -2.20. The first-order valence-electron chi connectivity index (χ1n) is 4.58. The van der Waals surface area contributed by atoms with Gasteiger partial charge in [0.05, 0.1) is 26.0 Å². The lowest BCUT2D eigenvalue weighted by Gasteiger charge is -2.13. The van der Waals surface area contributed by atoms with Gasteiger partial charge in [0.25, 0.3) is 0 Å². The predicted octanol–water partition coefficient (Wildman–Crippen LogP) is 0.686. The average Bonchev–Trinajstić information content (AvgIpc) is 2.71. The Hall–Kier alpha value is -1.36. The minimum Gasteiger partial charge on any atom is -0.491 e. The third-order valence-electron chi connectivity index (χ3n) is 2.17. The van der Waals surface area contributed by atoms with E-state index in [1.54, 1.807) is 13.3 Å². The Morgan fingerprint density at radius 1 is 1.64 bits per heavy atom. The monoisotopic (exact) mass is 195 g/mol. The molecule has 1 unspecified atom stereocenters. The summed E-state index contributed by atoms with van der Waals surface area (Å²) in [5.74, 6) is 1.40. The van der Waals surface area contributed by atoms with E-state index in [0.29, 0.717) is 11.8 Å². The highest BCUT2D eigenvalue weighted by Crippen LogP contribution is 2.21. The summed E-state index contributed by atoms with van der Waals surface area (Å²) in [6.45, 7) is 1.54. The van der Waals surface area contributed by atoms with Gasteiger partial charge in [-0.05, 0) is 6.42 Å². The van der Waals surface area contributed by atoms with Gasteiger partial charge in [-0.25, -0.2) is 9.97 Å². The van der Waals surface area contributed by atoms with Crippen molar-refractivity contribution in [3.05, 3.63) is 12.5 Å². The van der Waals surface area contributed by atoms with Crippen LogP contribution in [0.4, 0.5) is 5.82 Å². The maximum absolute atomic E-state index is 5.26. The molecule has 1 saturated heterocycles. The van der Waals surface area contributed by atoms with Gasteiger partial charge in [-0.1, -0.05) is 0 Å². The van der Waals surface area contributed by atoms with E-state index in [9.17, 15) is 0 Å². The van der Waals surface area contributed by atoms with Crippen LogP contribution < -0.4 is 10.1 Å². The number of nitrogens with one attached hydrogen (secondary N) is 1. The van der Waals surface area contributed by atoms with Crippen LogP contribution in [0.25, 0.3) is 0 Å². The van der Waals surface area contributed by atoms with Crippen LogP contribution in [0.2, 0.25) is 0 Å². The first-order chi connectivity index (χ1) is 6.90. The maximum Gasteiger partial charge on any atom is 0.179 e. The second kappa shape index (κ2) is 4.23. The van der Waals surface area contributed by atoms with Crippen molar-refractivity contribution >= 4 is 5.82 Å². The summed E-state index contributed by atoms with van der Waals surface area (Å²) >= 11 is 0. The summed E-state index contributed by atoms with van der Waals surface area (Å²) in [6.07, 6.45) is 4.15. The fourth-order valence-corrected chi connectivity index (χ4v) is 1.42. The molecule has 5 heteroatoms. The molecule has 0 spiro atoms. The summed E-state index contributed by atoms with van der Waals surface area (Å²) in [7, 11) is 1.61. The van der Waals surface area contributed by atoms with Crippen molar-refractivity contribution in [2.24, 2.45) is 0 Å². The number of methoxy groups -OCH3 is 1. The van der Waals surface area contributed by atoms with Crippen LogP contribution >= 0.6 is 0 Å². The molecule has 2 rings (SSSR count). The molecule has 0 amide bonds. The summed E-state index contributed by atoms with van der Waals surface area (Å²) in [6, 6.07) is 0.332. The van der Waals surface area contributed by atoms with Gasteiger partial charge in [0.15, 0.2) is 11.6 Å². The van der Waals surface area contributed by atoms with Gasteiger partial charge < -0.3 is 14.8 Å². The molecule has 1 N–H and O–H groups in total. The van der Waals surface area contributed by atoms with Gasteiger partial charge >= 0.3 is 0 Å². The molecule has 0 bridgehead atoms. The topological polar surface area (TPSA) is 56.3 Å². The Morgan fingerprint density at radius 3 is 3.29 bits per heavy atom. The maximum atomic E-state index is 5.26. The molecule has 1 fully saturated rings. The quantitative estimate of drug-likeness (QED) is 0.768. The molecule has 0 radical (unpaired) electrons. The molecular weight excluding hydrogens is 182 g/mol. The van der Waals surface area contributed by atoms with Crippen LogP contribution in [0, 0.1) is 0 Å². The van der Waals surface area contributed by atoms with Crippen molar-refractivity contribution in [1.29, 1.82) is 0 Å². The standard InChI is InChI=1S/C9H13N3O2/c1-13-8-4-10-6-11-9(8)12-7-2-3-14-5-7/h4,6-7H,2-3,5H2,1H3,(H,10,11,12). The third kappa shape index (κ3) is 1.93. The number of aromatic nitrogens is 2. The molecule has 14 heavy (non-hydrogen) atoms. The lowest BCUT2D eigenvalue weighted by atomic mass is 10.2. The van der Waals surface area contributed by atoms with Crippen LogP contribution in [-0.4, -0.2) is 36.3 Å². The van der Waals surface area contributed by atoms with E-state index < -0.39 is 0 Å². The molecule has 0 aliphatic carbocycles. The number of ether oxygens (including phenoxy) is 2. The Kier molecular flexibility index (Phi) is 2.78. The second-order valence-electron chi connectivity index (χ2n) is 3.14. The zero-order valence-electron chi connectivity index (χ0n) is 8.06. The van der Waals surface area contributed by atoms with Gasteiger partial charge in [-0.15, -0.1) is 0 Å². The minimum absolute atomic E-state index is 0.332. The van der Waals surface area contributed by atoms with Crippen LogP contribution in [0.5, 0.6) is 5.75 Å². The van der Waals surface area contributed by atoms with Gasteiger partial charge in [-0.3, -0.25) is 0 Å². The lowest BCUT2D eigenvalue weighted by molar-refractivity contribution is 0.195. The molecule has 2 heterocycles. The van der Waals surface area contributed by atoms with Crippen LogP contribution in [0.1, 0.15) is 6.42 Å². The van der Waals surface area contributed by atoms with Gasteiger partial charge in [-0.2, -0.15) is 0 Å². The number of rotatable bonds is 3. The molecule has 1 aliphatic heterocycles. The minimum atomic E-state index is 0.332. The van der Waals surface area contributed by atoms with Crippen molar-refractivity contribution in [3.63, 3.8) is 0 Å². The Bertz CT molecular complexity index is 300. The zero-order valence-corrected chi connectivity index (χ0v) is 8.06. The summed E-state index contributed by atoms with van der Waals surface area (Å²) < 4.78 is 10.4. The number of nitrogens with zero attached hydrogens (tertiary/aromatic N) is 2. The summed E-state index contributed by atoms with van der Waals surface area (Å²) in [4.78, 5) is 7.99. The van der Waals surface area contributed by atoms with E-state index in [1.165, 1.54) is 6.33 Å². The molecule has 0 saturated carbocycles. The van der Waals surface area contributed by atoms with E-state index in [0.717, 1.165) is 25.5 Å². The fraction of sp³-hybridized carbons (Fsp3) is 0.556. The Morgan fingerprint density at radius 2 is 2.57 bits per heavy atom. The zero-order chi connectivity index (χ0) is 9.80. The van der Waals surface area contributed by atoms with Crippen molar-refractivity contribution in [3.8, 4) is 5.75 Å². The molecule has 5 nitrogen and oxygen atoms in total. The Labute approximate surface area is 82.5 Å². The third-order valence-corrected chi connectivity index (χ3v) is 2.17. The highest BCUT2D eigenvalue weighted by atomic mass is 16.5. The van der Waals surface area contributed by atoms with Crippen LogP contribution in [0.15, 0.2) is 12.5 Å². The fourth-order valence-electron chi connectivity index (χ4n) is 1.42. The molecule has 1 aromatic heterocycles. The predicted molar refractivity (Wildman–Crippen MR) is 51.4 cm³/mol. The smallest absolute Gasteiger partial charge is 0.179 e. The number of hydrogen-bond donors (Lipinski definition) is 1. The highest BCUT2D eigenvalue weighted by Gasteiger charge is 2.17. The SMILES string of the molecule is COc1cncnc1NC1CCOC1. The van der Waals surface area contributed by atoms with Crippen LogP contribution in [0.3, 0.4) is 0 Å². The van der Waals surface area contributed by atoms with Crippen molar-refractivity contribution < 1.29 is 9.47 Å². The van der Waals surface area contributed by atoms with E-state index in [1.807, 2.05) is 0 Å². The van der Waals surface area contributed by atoms with Crippen molar-refractivity contribution in [2.45, 2.75) is 12.5 Å². The van der Waals surface area contributed by atoms with E-state index in [-0.39, 0.29) is 0 Å². The second-order valence-corrected chi connectivity index (χ2v) is 3.14. The molecule has 1 atom stereocenters. The summed E-state index contributed by atoms with van der Waals surface area (Å²) in [5.41, 5.74) is 0. The number of anilines is 1. The van der Waals surface area contributed by atoms with E-state index in [2.05, 4.69) is 15.3 Å². The van der Waals surface area contributed by atoms with Crippen LogP contribution in [-0.2, 0) is 4.74 Å². The van der Waals surface area contributed by atoms with E-state index in [4.69, 9.17) is 9.47 Å². The molecule has 1 aliphatic rings. The van der Waals surface area contributed by atoms with Gasteiger partial charge in [0, 0.05) is 6.61 Å². The molecule has 0 aromatic carbocycles. The largest absolute Gasteiger partial charge is 0.491 e. The van der Waals surface area contributed by atoms with Gasteiger partial charge in [0.2, 0.25) is 0 Å². The van der Waals surface area contributed by atoms with Gasteiger partial charge in [0.1, 0.15) is 6.33 Å². The van der Waals surface area contributed by atoms with E-state index >= 15 is 0 Å². The normalized spacial score (nSPS) is 20.8. The average molecular weight is 195 g/mol. The summed E-state index contributed by atoms with van der Waals surface area (Å²) in [5, 5.41) is 3.26. The first-order valence-corrected chi connectivity index (χ1v) is 4.58. The highest BCUT2D eigenvalue weighted by molar-refractivity contribution is 5.48. The Balaban J connectivity index is 2.07. The number of hydrogen-bond acceptors (Lipinski definition) is 5. The van der Waals surface area contributed by atoms with Crippen molar-refractivity contribution in [2.75, 3.05) is 25.6 Å². The molecular formula is C9H13N3O2.